The van der Waals surface area contributed by atoms with Gasteiger partial charge >= 0.3 is 0 Å². The lowest BCUT2D eigenvalue weighted by Gasteiger charge is -2.08. The standard InChI is InChI=1S/C14H17N3O3S/c1-19-9-3-4-13(20-2)10(7-9)11-8-12(17-16-11)14(18)15-5-6-21/h3-4,7-8,21H,5-6H2,1-2H3,(H,15,18)(H,16,17). The zero-order valence-corrected chi connectivity index (χ0v) is 12.7. The van der Waals surface area contributed by atoms with Gasteiger partial charge in [0.1, 0.15) is 17.2 Å². The number of methoxy groups -OCH3 is 2. The summed E-state index contributed by atoms with van der Waals surface area (Å²) < 4.78 is 10.5. The van der Waals surface area contributed by atoms with Crippen LogP contribution >= 0.6 is 12.6 Å². The number of carbonyl (C=O) groups is 1. The fourth-order valence-electron chi connectivity index (χ4n) is 1.85. The SMILES string of the molecule is COc1ccc(OC)c(-c2cc(C(=O)NCCS)[nH]n2)c1. The smallest absolute Gasteiger partial charge is 0.269 e. The molecule has 7 heteroatoms. The van der Waals surface area contributed by atoms with Crippen molar-refractivity contribution in [2.24, 2.45) is 0 Å². The van der Waals surface area contributed by atoms with E-state index < -0.39 is 0 Å². The first kappa shape index (κ1) is 15.2. The highest BCUT2D eigenvalue weighted by Gasteiger charge is 2.14. The Hall–Kier alpha value is -2.15. The van der Waals surface area contributed by atoms with Crippen LogP contribution in [0.2, 0.25) is 0 Å². The highest BCUT2D eigenvalue weighted by Crippen LogP contribution is 2.32. The molecule has 0 aliphatic heterocycles. The number of aromatic amines is 1. The maximum absolute atomic E-state index is 11.9. The van der Waals surface area contributed by atoms with Crippen LogP contribution in [0.25, 0.3) is 11.3 Å². The van der Waals surface area contributed by atoms with E-state index in [0.29, 0.717) is 35.2 Å². The number of hydrogen-bond acceptors (Lipinski definition) is 5. The third kappa shape index (κ3) is 3.49. The van der Waals surface area contributed by atoms with Gasteiger partial charge in [-0.1, -0.05) is 0 Å². The normalized spacial score (nSPS) is 10.2. The molecular formula is C14H17N3O3S. The monoisotopic (exact) mass is 307 g/mol. The van der Waals surface area contributed by atoms with E-state index in [4.69, 9.17) is 9.47 Å². The second-order valence-electron chi connectivity index (χ2n) is 4.21. The molecule has 0 fully saturated rings. The number of ether oxygens (including phenoxy) is 2. The van der Waals surface area contributed by atoms with Gasteiger partial charge in [0, 0.05) is 17.9 Å². The molecule has 1 heterocycles. The fraction of sp³-hybridized carbons (Fsp3) is 0.286. The van der Waals surface area contributed by atoms with E-state index in [-0.39, 0.29) is 5.91 Å². The molecule has 0 aliphatic carbocycles. The van der Waals surface area contributed by atoms with Crippen molar-refractivity contribution in [2.45, 2.75) is 0 Å². The molecule has 0 spiro atoms. The highest BCUT2D eigenvalue weighted by molar-refractivity contribution is 7.80. The highest BCUT2D eigenvalue weighted by atomic mass is 32.1. The third-order valence-electron chi connectivity index (χ3n) is 2.90. The molecule has 0 saturated carbocycles. The average molecular weight is 307 g/mol. The second kappa shape index (κ2) is 7.03. The van der Waals surface area contributed by atoms with Crippen LogP contribution in [0.5, 0.6) is 11.5 Å². The van der Waals surface area contributed by atoms with E-state index >= 15 is 0 Å². The molecule has 1 aromatic heterocycles. The first-order valence-electron chi connectivity index (χ1n) is 6.36. The van der Waals surface area contributed by atoms with Crippen LogP contribution in [-0.4, -0.2) is 42.6 Å². The summed E-state index contributed by atoms with van der Waals surface area (Å²) in [6.07, 6.45) is 0. The van der Waals surface area contributed by atoms with Crippen LogP contribution in [0.15, 0.2) is 24.3 Å². The zero-order valence-electron chi connectivity index (χ0n) is 11.8. The summed E-state index contributed by atoms with van der Waals surface area (Å²) in [5, 5.41) is 9.60. The maximum atomic E-state index is 11.9. The van der Waals surface area contributed by atoms with Gasteiger partial charge in [0.15, 0.2) is 0 Å². The number of nitrogens with one attached hydrogen (secondary N) is 2. The minimum Gasteiger partial charge on any atom is -0.497 e. The quantitative estimate of drug-likeness (QED) is 0.711. The number of nitrogens with zero attached hydrogens (tertiary/aromatic N) is 1. The van der Waals surface area contributed by atoms with Gasteiger partial charge in [0.05, 0.1) is 19.9 Å². The largest absolute Gasteiger partial charge is 0.497 e. The number of thiol groups is 1. The Kier molecular flexibility index (Phi) is 5.10. The van der Waals surface area contributed by atoms with Gasteiger partial charge in [0.2, 0.25) is 0 Å². The van der Waals surface area contributed by atoms with Gasteiger partial charge in [-0.15, -0.1) is 0 Å². The minimum atomic E-state index is -0.218. The van der Waals surface area contributed by atoms with E-state index in [2.05, 4.69) is 28.1 Å². The summed E-state index contributed by atoms with van der Waals surface area (Å²) in [5.41, 5.74) is 1.75. The molecule has 0 radical (unpaired) electrons. The summed E-state index contributed by atoms with van der Waals surface area (Å²) in [6.45, 7) is 0.499. The lowest BCUT2D eigenvalue weighted by atomic mass is 10.1. The van der Waals surface area contributed by atoms with Crippen LogP contribution in [0.1, 0.15) is 10.5 Å². The molecule has 6 nitrogen and oxygen atoms in total. The van der Waals surface area contributed by atoms with Crippen LogP contribution in [-0.2, 0) is 0 Å². The maximum Gasteiger partial charge on any atom is 0.269 e. The van der Waals surface area contributed by atoms with Crippen molar-refractivity contribution >= 4 is 18.5 Å². The predicted molar refractivity (Wildman–Crippen MR) is 83.3 cm³/mol. The number of amides is 1. The van der Waals surface area contributed by atoms with E-state index in [1.54, 1.807) is 32.4 Å². The number of rotatable bonds is 6. The Labute approximate surface area is 128 Å². The van der Waals surface area contributed by atoms with Crippen molar-refractivity contribution in [1.29, 1.82) is 0 Å². The van der Waals surface area contributed by atoms with Gasteiger partial charge in [-0.2, -0.15) is 17.7 Å². The lowest BCUT2D eigenvalue weighted by Crippen LogP contribution is -2.25. The van der Waals surface area contributed by atoms with E-state index in [9.17, 15) is 4.79 Å². The molecule has 21 heavy (non-hydrogen) atoms. The van der Waals surface area contributed by atoms with Gasteiger partial charge < -0.3 is 14.8 Å². The molecule has 2 rings (SSSR count). The number of hydrogen-bond donors (Lipinski definition) is 3. The van der Waals surface area contributed by atoms with Crippen LogP contribution in [0.4, 0.5) is 0 Å². The first-order chi connectivity index (χ1) is 10.2. The lowest BCUT2D eigenvalue weighted by molar-refractivity contribution is 0.0951. The molecule has 1 aromatic carbocycles. The molecule has 0 atom stereocenters. The summed E-state index contributed by atoms with van der Waals surface area (Å²) >= 11 is 4.05. The first-order valence-corrected chi connectivity index (χ1v) is 6.99. The van der Waals surface area contributed by atoms with Crippen molar-refractivity contribution in [3.63, 3.8) is 0 Å². The van der Waals surface area contributed by atoms with Crippen molar-refractivity contribution in [3.8, 4) is 22.8 Å². The van der Waals surface area contributed by atoms with E-state index in [1.165, 1.54) is 0 Å². The van der Waals surface area contributed by atoms with E-state index in [1.807, 2.05) is 6.07 Å². The Morgan fingerprint density at radius 3 is 2.81 bits per heavy atom. The van der Waals surface area contributed by atoms with Crippen LogP contribution in [0.3, 0.4) is 0 Å². The summed E-state index contributed by atoms with van der Waals surface area (Å²) in [4.78, 5) is 11.9. The second-order valence-corrected chi connectivity index (χ2v) is 4.66. The molecule has 2 N–H and O–H groups in total. The summed E-state index contributed by atoms with van der Waals surface area (Å²) in [7, 11) is 3.17. The Bertz CT molecular complexity index is 628. The number of aromatic nitrogens is 2. The van der Waals surface area contributed by atoms with Crippen LogP contribution < -0.4 is 14.8 Å². The molecular weight excluding hydrogens is 290 g/mol. The summed E-state index contributed by atoms with van der Waals surface area (Å²) in [5.74, 6) is 1.71. The molecule has 0 unspecified atom stereocenters. The third-order valence-corrected chi connectivity index (χ3v) is 3.13. The number of H-pyrrole nitrogens is 1. The van der Waals surface area contributed by atoms with Crippen LogP contribution in [0, 0.1) is 0 Å². The molecule has 0 saturated heterocycles. The van der Waals surface area contributed by atoms with Crippen molar-refractivity contribution in [1.82, 2.24) is 15.5 Å². The van der Waals surface area contributed by atoms with Gasteiger partial charge in [-0.05, 0) is 24.3 Å². The number of carbonyl (C=O) groups excluding carboxylic acids is 1. The molecule has 2 aromatic rings. The molecule has 0 aliphatic rings. The number of benzene rings is 1. The van der Waals surface area contributed by atoms with Gasteiger partial charge in [-0.3, -0.25) is 9.89 Å². The topological polar surface area (TPSA) is 76.2 Å². The molecule has 112 valence electrons. The fourth-order valence-corrected chi connectivity index (χ4v) is 1.97. The molecule has 1 amide bonds. The zero-order chi connectivity index (χ0) is 15.2. The minimum absolute atomic E-state index is 0.218. The van der Waals surface area contributed by atoms with Crippen molar-refractivity contribution < 1.29 is 14.3 Å². The Morgan fingerprint density at radius 2 is 2.14 bits per heavy atom. The summed E-state index contributed by atoms with van der Waals surface area (Å²) in [6, 6.07) is 7.08. The van der Waals surface area contributed by atoms with Gasteiger partial charge in [0.25, 0.3) is 5.91 Å². The predicted octanol–water partition coefficient (Wildman–Crippen LogP) is 1.75. The van der Waals surface area contributed by atoms with E-state index in [0.717, 1.165) is 5.56 Å². The Morgan fingerprint density at radius 1 is 1.33 bits per heavy atom. The Balaban J connectivity index is 2.30. The average Bonchev–Trinajstić information content (AvgIpc) is 3.01. The van der Waals surface area contributed by atoms with Gasteiger partial charge in [-0.25, -0.2) is 0 Å². The molecule has 0 bridgehead atoms. The van der Waals surface area contributed by atoms with Crippen molar-refractivity contribution in [2.75, 3.05) is 26.5 Å². The van der Waals surface area contributed by atoms with Crippen molar-refractivity contribution in [3.05, 3.63) is 30.0 Å².